The Labute approximate surface area is 197 Å². The van der Waals surface area contributed by atoms with Gasteiger partial charge in [-0.3, -0.25) is 14.4 Å². The number of piperidine rings is 1. The molecule has 1 aromatic heterocycles. The SMILES string of the molecule is COCC(=O)Nc1cc(C(=O)N2CCCC(C(N)=O)C2)c2c(c1)ncn2CCc1ccccc1. The largest absolute Gasteiger partial charge is 0.375 e. The third kappa shape index (κ3) is 5.26. The number of nitrogens with zero attached hydrogens (tertiary/aromatic N) is 3. The predicted molar refractivity (Wildman–Crippen MR) is 128 cm³/mol. The molecule has 0 radical (unpaired) electrons. The number of carbonyl (C=O) groups excluding carboxylic acids is 3. The summed E-state index contributed by atoms with van der Waals surface area (Å²) in [6.07, 6.45) is 3.88. The summed E-state index contributed by atoms with van der Waals surface area (Å²) >= 11 is 0. The number of benzene rings is 2. The maximum atomic E-state index is 13.7. The van der Waals surface area contributed by atoms with Gasteiger partial charge in [0.15, 0.2) is 0 Å². The van der Waals surface area contributed by atoms with Gasteiger partial charge in [0, 0.05) is 32.4 Å². The first kappa shape index (κ1) is 23.4. The number of hydrogen-bond acceptors (Lipinski definition) is 5. The number of amides is 3. The standard InChI is InChI=1S/C25H29N5O4/c1-34-15-22(31)28-19-12-20(25(33)29-10-5-8-18(14-29)24(26)32)23-21(13-19)27-16-30(23)11-9-17-6-3-2-4-7-17/h2-4,6-7,12-13,16,18H,5,8-11,14-15H2,1H3,(H2,26,32)(H,28,31). The van der Waals surface area contributed by atoms with Crippen molar-refractivity contribution in [1.29, 1.82) is 0 Å². The van der Waals surface area contributed by atoms with Gasteiger partial charge in [0.1, 0.15) is 6.61 Å². The van der Waals surface area contributed by atoms with Gasteiger partial charge < -0.3 is 25.3 Å². The minimum atomic E-state index is -0.392. The number of nitrogens with one attached hydrogen (secondary N) is 1. The summed E-state index contributed by atoms with van der Waals surface area (Å²) in [6.45, 7) is 1.37. The molecule has 178 valence electrons. The number of imidazole rings is 1. The molecule has 4 rings (SSSR count). The van der Waals surface area contributed by atoms with Gasteiger partial charge in [-0.1, -0.05) is 30.3 Å². The van der Waals surface area contributed by atoms with E-state index in [1.54, 1.807) is 23.4 Å². The third-order valence-corrected chi connectivity index (χ3v) is 6.10. The normalized spacial score (nSPS) is 15.9. The van der Waals surface area contributed by atoms with Crippen LogP contribution in [0, 0.1) is 5.92 Å². The van der Waals surface area contributed by atoms with Crippen LogP contribution < -0.4 is 11.1 Å². The number of aromatic nitrogens is 2. The molecule has 1 saturated heterocycles. The Bertz CT molecular complexity index is 1190. The molecule has 0 aliphatic carbocycles. The monoisotopic (exact) mass is 463 g/mol. The highest BCUT2D eigenvalue weighted by Gasteiger charge is 2.29. The highest BCUT2D eigenvalue weighted by molar-refractivity contribution is 6.07. The van der Waals surface area contributed by atoms with Crippen molar-refractivity contribution in [3.8, 4) is 0 Å². The van der Waals surface area contributed by atoms with Gasteiger partial charge in [-0.25, -0.2) is 4.98 Å². The summed E-state index contributed by atoms with van der Waals surface area (Å²) in [6, 6.07) is 13.5. The molecule has 0 saturated carbocycles. The third-order valence-electron chi connectivity index (χ3n) is 6.10. The van der Waals surface area contributed by atoms with E-state index in [-0.39, 0.29) is 30.9 Å². The Balaban J connectivity index is 1.69. The van der Waals surface area contributed by atoms with E-state index in [0.29, 0.717) is 48.2 Å². The lowest BCUT2D eigenvalue weighted by Crippen LogP contribution is -2.44. The van der Waals surface area contributed by atoms with Crippen LogP contribution in [0.5, 0.6) is 0 Å². The Morgan fingerprint density at radius 3 is 2.74 bits per heavy atom. The van der Waals surface area contributed by atoms with Crippen molar-refractivity contribution in [2.75, 3.05) is 32.1 Å². The summed E-state index contributed by atoms with van der Waals surface area (Å²) < 4.78 is 6.86. The first-order chi connectivity index (χ1) is 16.5. The average Bonchev–Trinajstić information content (AvgIpc) is 3.25. The number of fused-ring (bicyclic) bond motifs is 1. The Morgan fingerprint density at radius 2 is 2.00 bits per heavy atom. The number of nitrogens with two attached hydrogens (primary N) is 1. The Morgan fingerprint density at radius 1 is 1.21 bits per heavy atom. The average molecular weight is 464 g/mol. The van der Waals surface area contributed by atoms with Crippen molar-refractivity contribution in [2.45, 2.75) is 25.8 Å². The van der Waals surface area contributed by atoms with Gasteiger partial charge in [-0.15, -0.1) is 0 Å². The Kier molecular flexibility index (Phi) is 7.22. The van der Waals surface area contributed by atoms with E-state index in [4.69, 9.17) is 10.5 Å². The maximum absolute atomic E-state index is 13.7. The minimum absolute atomic E-state index is 0.0980. The van der Waals surface area contributed by atoms with Gasteiger partial charge >= 0.3 is 0 Å². The zero-order chi connectivity index (χ0) is 24.1. The fourth-order valence-electron chi connectivity index (χ4n) is 4.40. The fourth-order valence-corrected chi connectivity index (χ4v) is 4.40. The number of ether oxygens (including phenoxy) is 1. The number of methoxy groups -OCH3 is 1. The highest BCUT2D eigenvalue weighted by atomic mass is 16.5. The van der Waals surface area contributed by atoms with Crippen molar-refractivity contribution >= 4 is 34.4 Å². The van der Waals surface area contributed by atoms with E-state index in [0.717, 1.165) is 6.42 Å². The number of carbonyl (C=O) groups is 3. The van der Waals surface area contributed by atoms with Gasteiger partial charge in [0.2, 0.25) is 11.8 Å². The van der Waals surface area contributed by atoms with Crippen LogP contribution >= 0.6 is 0 Å². The van der Waals surface area contributed by atoms with E-state index in [1.165, 1.54) is 12.7 Å². The molecule has 1 atom stereocenters. The predicted octanol–water partition coefficient (Wildman–Crippen LogP) is 2.20. The molecular formula is C25H29N5O4. The van der Waals surface area contributed by atoms with Crippen molar-refractivity contribution in [2.24, 2.45) is 11.7 Å². The molecule has 3 amide bonds. The van der Waals surface area contributed by atoms with Gasteiger partial charge in [-0.05, 0) is 37.0 Å². The molecule has 1 unspecified atom stereocenters. The van der Waals surface area contributed by atoms with E-state index in [9.17, 15) is 14.4 Å². The zero-order valence-corrected chi connectivity index (χ0v) is 19.2. The maximum Gasteiger partial charge on any atom is 0.256 e. The van der Waals surface area contributed by atoms with Crippen molar-refractivity contribution in [1.82, 2.24) is 14.5 Å². The van der Waals surface area contributed by atoms with Crippen molar-refractivity contribution < 1.29 is 19.1 Å². The van der Waals surface area contributed by atoms with Crippen LogP contribution in [0.1, 0.15) is 28.8 Å². The van der Waals surface area contributed by atoms with Crippen LogP contribution in [0.2, 0.25) is 0 Å². The molecule has 9 heteroatoms. The topological polar surface area (TPSA) is 120 Å². The van der Waals surface area contributed by atoms with Crippen LogP contribution in [0.4, 0.5) is 5.69 Å². The summed E-state index contributed by atoms with van der Waals surface area (Å²) in [5.41, 5.74) is 8.91. The molecule has 34 heavy (non-hydrogen) atoms. The van der Waals surface area contributed by atoms with Gasteiger partial charge in [-0.2, -0.15) is 0 Å². The molecule has 1 aliphatic heterocycles. The molecule has 1 aliphatic rings. The zero-order valence-electron chi connectivity index (χ0n) is 19.2. The summed E-state index contributed by atoms with van der Waals surface area (Å²) in [7, 11) is 1.44. The second kappa shape index (κ2) is 10.5. The van der Waals surface area contributed by atoms with Gasteiger partial charge in [0.05, 0.1) is 28.8 Å². The molecule has 2 heterocycles. The quantitative estimate of drug-likeness (QED) is 0.531. The lowest BCUT2D eigenvalue weighted by molar-refractivity contribution is -0.123. The van der Waals surface area contributed by atoms with Gasteiger partial charge in [0.25, 0.3) is 5.91 Å². The number of primary amides is 1. The molecule has 0 bridgehead atoms. The van der Waals surface area contributed by atoms with Crippen LogP contribution in [-0.2, 0) is 27.3 Å². The van der Waals surface area contributed by atoms with Crippen LogP contribution in [0.25, 0.3) is 11.0 Å². The smallest absolute Gasteiger partial charge is 0.256 e. The summed E-state index contributed by atoms with van der Waals surface area (Å²) in [5.74, 6) is -1.28. The number of aryl methyl sites for hydroxylation is 2. The first-order valence-electron chi connectivity index (χ1n) is 11.4. The van der Waals surface area contributed by atoms with E-state index >= 15 is 0 Å². The van der Waals surface area contributed by atoms with E-state index in [2.05, 4.69) is 22.4 Å². The minimum Gasteiger partial charge on any atom is -0.375 e. The molecule has 3 N–H and O–H groups in total. The molecule has 0 spiro atoms. The summed E-state index contributed by atoms with van der Waals surface area (Å²) in [5, 5.41) is 2.77. The molecule has 3 aromatic rings. The fraction of sp³-hybridized carbons (Fsp3) is 0.360. The molecule has 2 aromatic carbocycles. The second-order valence-electron chi connectivity index (χ2n) is 8.54. The van der Waals surface area contributed by atoms with Crippen molar-refractivity contribution in [3.63, 3.8) is 0 Å². The number of anilines is 1. The lowest BCUT2D eigenvalue weighted by Gasteiger charge is -2.31. The molecular weight excluding hydrogens is 434 g/mol. The second-order valence-corrected chi connectivity index (χ2v) is 8.54. The van der Waals surface area contributed by atoms with Crippen LogP contribution in [0.15, 0.2) is 48.8 Å². The number of rotatable bonds is 8. The van der Waals surface area contributed by atoms with Crippen LogP contribution in [-0.4, -0.2) is 59.0 Å². The van der Waals surface area contributed by atoms with E-state index in [1.807, 2.05) is 22.8 Å². The lowest BCUT2D eigenvalue weighted by atomic mass is 9.96. The number of likely N-dealkylation sites (tertiary alicyclic amines) is 1. The molecule has 1 fully saturated rings. The first-order valence-corrected chi connectivity index (χ1v) is 11.4. The number of hydrogen-bond donors (Lipinski definition) is 2. The highest BCUT2D eigenvalue weighted by Crippen LogP contribution is 2.27. The summed E-state index contributed by atoms with van der Waals surface area (Å²) in [4.78, 5) is 43.7. The van der Waals surface area contributed by atoms with E-state index < -0.39 is 5.91 Å². The van der Waals surface area contributed by atoms with Crippen LogP contribution in [0.3, 0.4) is 0 Å². The Hall–Kier alpha value is -3.72. The van der Waals surface area contributed by atoms with Crippen molar-refractivity contribution in [3.05, 3.63) is 59.9 Å². The molecule has 9 nitrogen and oxygen atoms in total.